The van der Waals surface area contributed by atoms with Gasteiger partial charge >= 0.3 is 0 Å². The first kappa shape index (κ1) is 12.9. The maximum absolute atomic E-state index is 12.4. The van der Waals surface area contributed by atoms with Crippen LogP contribution < -0.4 is 0 Å². The second kappa shape index (κ2) is 5.14. The van der Waals surface area contributed by atoms with Crippen LogP contribution >= 0.6 is 11.6 Å². The molecule has 19 heavy (non-hydrogen) atoms. The highest BCUT2D eigenvalue weighted by atomic mass is 35.5. The molecule has 1 amide bonds. The molecule has 0 aliphatic carbocycles. The summed E-state index contributed by atoms with van der Waals surface area (Å²) in [6.07, 6.45) is 2.74. The fraction of sp³-hybridized carbons (Fsp3) is 0.533. The van der Waals surface area contributed by atoms with Crippen LogP contribution in [-0.4, -0.2) is 36.1 Å². The highest BCUT2D eigenvalue weighted by molar-refractivity contribution is 6.30. The monoisotopic (exact) mass is 279 g/mol. The van der Waals surface area contributed by atoms with Crippen molar-refractivity contribution in [1.29, 1.82) is 0 Å². The number of hydrogen-bond donors (Lipinski definition) is 0. The fourth-order valence-electron chi connectivity index (χ4n) is 3.13. The third kappa shape index (κ3) is 2.63. The molecule has 3 nitrogen and oxygen atoms in total. The van der Waals surface area contributed by atoms with Gasteiger partial charge in [-0.05, 0) is 49.9 Å². The van der Waals surface area contributed by atoms with Gasteiger partial charge in [0.1, 0.15) is 0 Å². The molecule has 0 bridgehead atoms. The number of hydrogen-bond acceptors (Lipinski definition) is 2. The van der Waals surface area contributed by atoms with E-state index < -0.39 is 0 Å². The normalized spacial score (nSPS) is 30.2. The van der Waals surface area contributed by atoms with Crippen molar-refractivity contribution in [2.24, 2.45) is 5.92 Å². The second-order valence-electron chi connectivity index (χ2n) is 5.53. The van der Waals surface area contributed by atoms with E-state index in [1.165, 1.54) is 0 Å². The van der Waals surface area contributed by atoms with Gasteiger partial charge in [0.05, 0.1) is 12.2 Å². The third-order valence-electron chi connectivity index (χ3n) is 4.12. The molecule has 0 radical (unpaired) electrons. The number of amides is 1. The van der Waals surface area contributed by atoms with E-state index in [0.717, 1.165) is 25.9 Å². The van der Waals surface area contributed by atoms with Crippen LogP contribution in [0.4, 0.5) is 0 Å². The Labute approximate surface area is 118 Å². The number of nitrogens with zero attached hydrogens (tertiary/aromatic N) is 1. The van der Waals surface area contributed by atoms with Crippen molar-refractivity contribution in [2.75, 3.05) is 13.1 Å². The molecule has 2 fully saturated rings. The number of likely N-dealkylation sites (tertiary alicyclic amines) is 1. The molecule has 3 rings (SSSR count). The summed E-state index contributed by atoms with van der Waals surface area (Å²) in [6, 6.07) is 7.09. The smallest absolute Gasteiger partial charge is 0.253 e. The Bertz CT molecular complexity index is 474. The Morgan fingerprint density at radius 3 is 2.84 bits per heavy atom. The second-order valence-corrected chi connectivity index (χ2v) is 5.96. The minimum atomic E-state index is 0.0817. The molecule has 0 spiro atoms. The van der Waals surface area contributed by atoms with Gasteiger partial charge in [-0.15, -0.1) is 0 Å². The number of rotatable bonds is 1. The highest BCUT2D eigenvalue weighted by Gasteiger charge is 2.38. The summed E-state index contributed by atoms with van der Waals surface area (Å²) in [5, 5.41) is 0.656. The lowest BCUT2D eigenvalue weighted by atomic mass is 9.92. The lowest BCUT2D eigenvalue weighted by Crippen LogP contribution is -2.45. The van der Waals surface area contributed by atoms with Crippen LogP contribution in [0.3, 0.4) is 0 Å². The summed E-state index contributed by atoms with van der Waals surface area (Å²) in [4.78, 5) is 14.3. The summed E-state index contributed by atoms with van der Waals surface area (Å²) >= 11 is 5.85. The van der Waals surface area contributed by atoms with Crippen molar-refractivity contribution in [2.45, 2.75) is 32.0 Å². The van der Waals surface area contributed by atoms with Crippen LogP contribution in [0.1, 0.15) is 30.1 Å². The number of halogens is 1. The fourth-order valence-corrected chi connectivity index (χ4v) is 3.25. The predicted octanol–water partition coefficient (Wildman–Crippen LogP) is 2.98. The minimum absolute atomic E-state index is 0.0817. The van der Waals surface area contributed by atoms with Crippen LogP contribution in [0.2, 0.25) is 5.02 Å². The van der Waals surface area contributed by atoms with E-state index in [4.69, 9.17) is 16.3 Å². The molecule has 3 atom stereocenters. The van der Waals surface area contributed by atoms with Crippen molar-refractivity contribution in [3.8, 4) is 0 Å². The standard InChI is InChI=1S/C15H18ClNO2/c1-10-8-12-6-7-17(9-14(12)19-10)15(18)11-2-4-13(16)5-3-11/h2-5,10,12,14H,6-9H2,1H3/t10-,12+,14-/m1/s1. The van der Waals surface area contributed by atoms with Crippen molar-refractivity contribution in [3.63, 3.8) is 0 Å². The van der Waals surface area contributed by atoms with Gasteiger partial charge in [-0.2, -0.15) is 0 Å². The first-order valence-electron chi connectivity index (χ1n) is 6.84. The van der Waals surface area contributed by atoms with Gasteiger partial charge in [-0.3, -0.25) is 4.79 Å². The van der Waals surface area contributed by atoms with E-state index in [-0.39, 0.29) is 12.0 Å². The average molecular weight is 280 g/mol. The molecule has 0 unspecified atom stereocenters. The summed E-state index contributed by atoms with van der Waals surface area (Å²) < 4.78 is 5.89. The van der Waals surface area contributed by atoms with Crippen LogP contribution in [-0.2, 0) is 4.74 Å². The van der Waals surface area contributed by atoms with E-state index in [1.807, 2.05) is 4.90 Å². The van der Waals surface area contributed by atoms with Gasteiger partial charge in [0.2, 0.25) is 0 Å². The van der Waals surface area contributed by atoms with Gasteiger partial charge < -0.3 is 9.64 Å². The first-order chi connectivity index (χ1) is 9.13. The maximum atomic E-state index is 12.4. The van der Waals surface area contributed by atoms with E-state index >= 15 is 0 Å². The molecule has 0 N–H and O–H groups in total. The average Bonchev–Trinajstić information content (AvgIpc) is 2.77. The van der Waals surface area contributed by atoms with E-state index in [2.05, 4.69) is 6.92 Å². The molecular weight excluding hydrogens is 262 g/mol. The molecule has 1 aromatic carbocycles. The predicted molar refractivity (Wildman–Crippen MR) is 74.4 cm³/mol. The Hall–Kier alpha value is -1.06. The van der Waals surface area contributed by atoms with E-state index in [1.54, 1.807) is 24.3 Å². The molecule has 2 aliphatic rings. The van der Waals surface area contributed by atoms with Gasteiger partial charge in [-0.1, -0.05) is 11.6 Å². The van der Waals surface area contributed by atoms with Gasteiger partial charge in [0.15, 0.2) is 0 Å². The maximum Gasteiger partial charge on any atom is 0.253 e. The summed E-state index contributed by atoms with van der Waals surface area (Å²) in [6.45, 7) is 3.67. The van der Waals surface area contributed by atoms with Gasteiger partial charge in [0.25, 0.3) is 5.91 Å². The molecule has 1 aromatic rings. The van der Waals surface area contributed by atoms with Crippen molar-refractivity contribution in [3.05, 3.63) is 34.9 Å². The Kier molecular flexibility index (Phi) is 3.50. The first-order valence-corrected chi connectivity index (χ1v) is 7.21. The lowest BCUT2D eigenvalue weighted by molar-refractivity contribution is 0.00157. The van der Waals surface area contributed by atoms with Crippen LogP contribution in [0.15, 0.2) is 24.3 Å². The zero-order chi connectivity index (χ0) is 13.4. The third-order valence-corrected chi connectivity index (χ3v) is 4.37. The number of carbonyl (C=O) groups excluding carboxylic acids is 1. The molecule has 2 aliphatic heterocycles. The van der Waals surface area contributed by atoms with Crippen LogP contribution in [0.25, 0.3) is 0 Å². The van der Waals surface area contributed by atoms with Crippen LogP contribution in [0, 0.1) is 5.92 Å². The van der Waals surface area contributed by atoms with Gasteiger partial charge in [0, 0.05) is 23.7 Å². The van der Waals surface area contributed by atoms with Crippen molar-refractivity contribution < 1.29 is 9.53 Å². The van der Waals surface area contributed by atoms with E-state index in [9.17, 15) is 4.79 Å². The Morgan fingerprint density at radius 2 is 2.11 bits per heavy atom. The summed E-state index contributed by atoms with van der Waals surface area (Å²) in [5.74, 6) is 0.711. The Morgan fingerprint density at radius 1 is 1.37 bits per heavy atom. The molecule has 0 saturated carbocycles. The highest BCUT2D eigenvalue weighted by Crippen LogP contribution is 2.33. The molecule has 2 saturated heterocycles. The summed E-state index contributed by atoms with van der Waals surface area (Å²) in [5.41, 5.74) is 0.703. The molecule has 0 aromatic heterocycles. The molecule has 2 heterocycles. The van der Waals surface area contributed by atoms with Crippen LogP contribution in [0.5, 0.6) is 0 Å². The van der Waals surface area contributed by atoms with Crippen molar-refractivity contribution in [1.82, 2.24) is 4.90 Å². The largest absolute Gasteiger partial charge is 0.373 e. The molecular formula is C15H18ClNO2. The zero-order valence-electron chi connectivity index (χ0n) is 11.0. The SMILES string of the molecule is C[C@@H]1C[C@@H]2CCN(C(=O)c3ccc(Cl)cc3)C[C@H]2O1. The lowest BCUT2D eigenvalue weighted by Gasteiger charge is -2.34. The number of fused-ring (bicyclic) bond motifs is 1. The molecule has 4 heteroatoms. The van der Waals surface area contributed by atoms with E-state index in [0.29, 0.717) is 22.6 Å². The quantitative estimate of drug-likeness (QED) is 0.791. The number of benzene rings is 1. The molecule has 102 valence electrons. The number of piperidine rings is 1. The number of carbonyl (C=O) groups is 1. The topological polar surface area (TPSA) is 29.5 Å². The van der Waals surface area contributed by atoms with Crippen molar-refractivity contribution >= 4 is 17.5 Å². The van der Waals surface area contributed by atoms with Gasteiger partial charge in [-0.25, -0.2) is 0 Å². The summed E-state index contributed by atoms with van der Waals surface area (Å²) in [7, 11) is 0. The Balaban J connectivity index is 1.70. The number of ether oxygens (including phenoxy) is 1. The minimum Gasteiger partial charge on any atom is -0.373 e. The zero-order valence-corrected chi connectivity index (χ0v) is 11.8.